The van der Waals surface area contributed by atoms with Crippen LogP contribution in [0.15, 0.2) is 6.07 Å². The molecule has 0 aliphatic carbocycles. The highest BCUT2D eigenvalue weighted by atomic mass is 19.4. The summed E-state index contributed by atoms with van der Waals surface area (Å²) in [5.41, 5.74) is 0.711. The lowest BCUT2D eigenvalue weighted by Gasteiger charge is -2.24. The highest BCUT2D eigenvalue weighted by Crippen LogP contribution is 2.40. The summed E-state index contributed by atoms with van der Waals surface area (Å²) >= 11 is 0. The summed E-state index contributed by atoms with van der Waals surface area (Å²) in [4.78, 5) is 0. The minimum absolute atomic E-state index is 0.0366. The van der Waals surface area contributed by atoms with Gasteiger partial charge in [0.15, 0.2) is 0 Å². The molecule has 1 aromatic rings. The first-order valence-electron chi connectivity index (χ1n) is 5.03. The minimum atomic E-state index is -4.41. The van der Waals surface area contributed by atoms with E-state index in [0.29, 0.717) is 24.2 Å². The van der Waals surface area contributed by atoms with E-state index in [4.69, 9.17) is 12.6 Å². The zero-order chi connectivity index (χ0) is 11.9. The number of alkyl halides is 3. The summed E-state index contributed by atoms with van der Waals surface area (Å²) in [6.07, 6.45) is -3.09. The second-order valence-electron chi connectivity index (χ2n) is 3.90. The maximum Gasteiger partial charge on any atom is 0.419 e. The second-order valence-corrected chi connectivity index (χ2v) is 3.90. The lowest BCUT2D eigenvalue weighted by atomic mass is 9.84. The minimum Gasteiger partial charge on any atom is -0.493 e. The Morgan fingerprint density at radius 2 is 2.06 bits per heavy atom. The maximum absolute atomic E-state index is 12.8. The van der Waals surface area contributed by atoms with Crippen LogP contribution in [0.25, 0.3) is 0 Å². The molecule has 84 valence electrons. The van der Waals surface area contributed by atoms with Crippen LogP contribution in [-0.4, -0.2) is 14.5 Å². The standard InChI is InChI=1S/C11H10BF3O/c1-6-7-3-2-4-16-10(7)8(5-9(6)12)11(13,14)15/h5H,2-4H2,1H3. The molecule has 1 aromatic carbocycles. The van der Waals surface area contributed by atoms with Crippen molar-refractivity contribution in [2.75, 3.05) is 6.61 Å². The van der Waals surface area contributed by atoms with Crippen molar-refractivity contribution in [2.24, 2.45) is 0 Å². The number of rotatable bonds is 0. The lowest BCUT2D eigenvalue weighted by Crippen LogP contribution is -2.22. The fourth-order valence-electron chi connectivity index (χ4n) is 1.94. The number of fused-ring (bicyclic) bond motifs is 1. The first-order valence-corrected chi connectivity index (χ1v) is 5.03. The number of hydrogen-bond donors (Lipinski definition) is 0. The molecule has 0 bridgehead atoms. The molecule has 1 aliphatic heterocycles. The molecule has 0 unspecified atom stereocenters. The van der Waals surface area contributed by atoms with Gasteiger partial charge in [-0.2, -0.15) is 13.2 Å². The van der Waals surface area contributed by atoms with Crippen molar-refractivity contribution in [1.82, 2.24) is 0 Å². The zero-order valence-corrected chi connectivity index (χ0v) is 8.82. The van der Waals surface area contributed by atoms with Gasteiger partial charge in [0.25, 0.3) is 0 Å². The van der Waals surface area contributed by atoms with Crippen LogP contribution in [0.4, 0.5) is 13.2 Å². The van der Waals surface area contributed by atoms with E-state index in [1.807, 2.05) is 0 Å². The Balaban J connectivity index is 2.67. The third-order valence-corrected chi connectivity index (χ3v) is 2.83. The van der Waals surface area contributed by atoms with Crippen molar-refractivity contribution < 1.29 is 17.9 Å². The molecule has 0 amide bonds. The van der Waals surface area contributed by atoms with E-state index >= 15 is 0 Å². The first kappa shape index (κ1) is 11.4. The van der Waals surface area contributed by atoms with Crippen LogP contribution in [0.5, 0.6) is 5.75 Å². The number of benzene rings is 1. The molecular formula is C11H10BF3O. The summed E-state index contributed by atoms with van der Waals surface area (Å²) in [6.45, 7) is 2.06. The van der Waals surface area contributed by atoms with E-state index in [2.05, 4.69) is 0 Å². The molecule has 16 heavy (non-hydrogen) atoms. The van der Waals surface area contributed by atoms with Crippen LogP contribution in [0, 0.1) is 6.92 Å². The Hall–Kier alpha value is -1.13. The summed E-state index contributed by atoms with van der Waals surface area (Å²) in [5, 5.41) is 0. The van der Waals surface area contributed by atoms with Crippen LogP contribution >= 0.6 is 0 Å². The average molecular weight is 226 g/mol. The van der Waals surface area contributed by atoms with Gasteiger partial charge in [0, 0.05) is 0 Å². The van der Waals surface area contributed by atoms with Crippen molar-refractivity contribution >= 4 is 13.3 Å². The maximum atomic E-state index is 12.8. The fourth-order valence-corrected chi connectivity index (χ4v) is 1.94. The van der Waals surface area contributed by atoms with Gasteiger partial charge >= 0.3 is 6.18 Å². The summed E-state index contributed by atoms with van der Waals surface area (Å²) < 4.78 is 43.4. The zero-order valence-electron chi connectivity index (χ0n) is 8.82. The molecule has 0 N–H and O–H groups in total. The molecule has 0 saturated heterocycles. The molecule has 1 nitrogen and oxygen atoms in total. The van der Waals surface area contributed by atoms with Gasteiger partial charge in [0.1, 0.15) is 13.6 Å². The normalized spacial score (nSPS) is 15.5. The van der Waals surface area contributed by atoms with Gasteiger partial charge in [0.05, 0.1) is 12.2 Å². The van der Waals surface area contributed by atoms with Gasteiger partial charge < -0.3 is 4.74 Å². The van der Waals surface area contributed by atoms with E-state index in [0.717, 1.165) is 12.5 Å². The Labute approximate surface area is 93.0 Å². The molecule has 0 saturated carbocycles. The highest BCUT2D eigenvalue weighted by Gasteiger charge is 2.37. The summed E-state index contributed by atoms with van der Waals surface area (Å²) in [6, 6.07) is 0.958. The van der Waals surface area contributed by atoms with Gasteiger partial charge in [-0.3, -0.25) is 0 Å². The van der Waals surface area contributed by atoms with E-state index in [1.54, 1.807) is 6.92 Å². The van der Waals surface area contributed by atoms with Gasteiger partial charge in [-0.15, -0.1) is 0 Å². The van der Waals surface area contributed by atoms with E-state index < -0.39 is 11.7 Å². The predicted molar refractivity (Wildman–Crippen MR) is 55.4 cm³/mol. The Kier molecular flexibility index (Phi) is 2.64. The van der Waals surface area contributed by atoms with Gasteiger partial charge in [-0.05, 0) is 25.3 Å². The topological polar surface area (TPSA) is 9.23 Å². The molecule has 0 spiro atoms. The molecule has 1 heterocycles. The highest BCUT2D eigenvalue weighted by molar-refractivity contribution is 6.33. The molecule has 2 rings (SSSR count). The number of halogens is 3. The van der Waals surface area contributed by atoms with Crippen LogP contribution in [0.2, 0.25) is 0 Å². The van der Waals surface area contributed by atoms with Crippen molar-refractivity contribution in [1.29, 1.82) is 0 Å². The largest absolute Gasteiger partial charge is 0.493 e. The van der Waals surface area contributed by atoms with Crippen molar-refractivity contribution in [2.45, 2.75) is 25.9 Å². The molecule has 5 heteroatoms. The number of ether oxygens (including phenoxy) is 1. The fraction of sp³-hybridized carbons (Fsp3) is 0.455. The number of hydrogen-bond acceptors (Lipinski definition) is 1. The third-order valence-electron chi connectivity index (χ3n) is 2.83. The van der Waals surface area contributed by atoms with Crippen LogP contribution in [0.1, 0.15) is 23.1 Å². The quantitative estimate of drug-likeness (QED) is 0.615. The smallest absolute Gasteiger partial charge is 0.419 e. The Morgan fingerprint density at radius 3 is 2.69 bits per heavy atom. The molecule has 0 atom stereocenters. The summed E-state index contributed by atoms with van der Waals surface area (Å²) in [5.74, 6) is -0.0366. The second kappa shape index (κ2) is 3.72. The molecular weight excluding hydrogens is 216 g/mol. The molecule has 2 radical (unpaired) electrons. The first-order chi connectivity index (χ1) is 7.41. The van der Waals surface area contributed by atoms with E-state index in [-0.39, 0.29) is 11.2 Å². The lowest BCUT2D eigenvalue weighted by molar-refractivity contribution is -0.139. The predicted octanol–water partition coefficient (Wildman–Crippen LogP) is 2.13. The van der Waals surface area contributed by atoms with Crippen LogP contribution in [-0.2, 0) is 12.6 Å². The average Bonchev–Trinajstić information content (AvgIpc) is 2.22. The van der Waals surface area contributed by atoms with E-state index in [9.17, 15) is 13.2 Å². The van der Waals surface area contributed by atoms with Crippen LogP contribution in [0.3, 0.4) is 0 Å². The molecule has 1 aliphatic rings. The van der Waals surface area contributed by atoms with Crippen molar-refractivity contribution in [3.63, 3.8) is 0 Å². The molecule has 0 fully saturated rings. The van der Waals surface area contributed by atoms with E-state index in [1.165, 1.54) is 0 Å². The Morgan fingerprint density at radius 1 is 1.38 bits per heavy atom. The third kappa shape index (κ3) is 1.79. The van der Waals surface area contributed by atoms with Crippen molar-refractivity contribution in [3.8, 4) is 5.75 Å². The Bertz CT molecular complexity index is 426. The SMILES string of the molecule is [B]c1cc(C(F)(F)F)c2c(c1C)CCCO2. The van der Waals surface area contributed by atoms with Gasteiger partial charge in [-0.25, -0.2) is 0 Å². The van der Waals surface area contributed by atoms with Gasteiger partial charge in [0.2, 0.25) is 0 Å². The monoisotopic (exact) mass is 226 g/mol. The van der Waals surface area contributed by atoms with Gasteiger partial charge in [-0.1, -0.05) is 17.1 Å². The summed E-state index contributed by atoms with van der Waals surface area (Å²) in [7, 11) is 5.59. The molecule has 0 aromatic heterocycles. The van der Waals surface area contributed by atoms with Crippen molar-refractivity contribution in [3.05, 3.63) is 22.8 Å². The van der Waals surface area contributed by atoms with Crippen LogP contribution < -0.4 is 10.2 Å².